The fourth-order valence-corrected chi connectivity index (χ4v) is 1.52. The molecule has 2 aromatic rings. The quantitative estimate of drug-likeness (QED) is 0.854. The number of aromatic amines is 1. The minimum absolute atomic E-state index is 0.145. The maximum atomic E-state index is 11.4. The van der Waals surface area contributed by atoms with E-state index in [-0.39, 0.29) is 5.82 Å². The Labute approximate surface area is 114 Å². The van der Waals surface area contributed by atoms with Crippen molar-refractivity contribution in [3.8, 4) is 5.75 Å². The molecule has 0 atom stereocenters. The van der Waals surface area contributed by atoms with Crippen LogP contribution in [0.25, 0.3) is 0 Å². The molecule has 1 aromatic heterocycles. The number of benzene rings is 1. The third-order valence-electron chi connectivity index (χ3n) is 2.72. The maximum absolute atomic E-state index is 11.4. The molecule has 1 heterocycles. The number of methoxy groups -OCH3 is 1. The van der Waals surface area contributed by atoms with Crippen molar-refractivity contribution in [3.05, 3.63) is 56.7 Å². The molecule has 0 aliphatic heterocycles. The number of hydrogen-bond donors (Lipinski definition) is 1. The van der Waals surface area contributed by atoms with Crippen LogP contribution >= 0.6 is 0 Å². The second kappa shape index (κ2) is 5.96. The molecule has 0 fully saturated rings. The standard InChI is InChI=1S/C13H14N4O3/c1-17-12(18)7-11(15-13(17)19)16-14-8-9-3-5-10(20-2)6-4-9/h3-7H,8H2,1-2H3,(H,15,19). The summed E-state index contributed by atoms with van der Waals surface area (Å²) < 4.78 is 6.01. The largest absolute Gasteiger partial charge is 0.497 e. The lowest BCUT2D eigenvalue weighted by Crippen LogP contribution is -2.31. The van der Waals surface area contributed by atoms with Gasteiger partial charge in [-0.2, -0.15) is 5.11 Å². The van der Waals surface area contributed by atoms with Crippen LogP contribution in [0.4, 0.5) is 5.82 Å². The van der Waals surface area contributed by atoms with E-state index in [4.69, 9.17) is 4.74 Å². The van der Waals surface area contributed by atoms with Crippen molar-refractivity contribution >= 4 is 5.82 Å². The fourth-order valence-electron chi connectivity index (χ4n) is 1.52. The summed E-state index contributed by atoms with van der Waals surface area (Å²) in [6, 6.07) is 8.60. The van der Waals surface area contributed by atoms with E-state index in [9.17, 15) is 9.59 Å². The molecule has 7 heteroatoms. The maximum Gasteiger partial charge on any atom is 0.329 e. The van der Waals surface area contributed by atoms with E-state index in [2.05, 4.69) is 15.2 Å². The lowest BCUT2D eigenvalue weighted by atomic mass is 10.2. The van der Waals surface area contributed by atoms with Crippen molar-refractivity contribution in [2.24, 2.45) is 17.3 Å². The van der Waals surface area contributed by atoms with Crippen LogP contribution in [0.2, 0.25) is 0 Å². The summed E-state index contributed by atoms with van der Waals surface area (Å²) in [5, 5.41) is 7.78. The summed E-state index contributed by atoms with van der Waals surface area (Å²) in [6.45, 7) is 0.348. The Kier molecular flexibility index (Phi) is 4.09. The second-order valence-corrected chi connectivity index (χ2v) is 4.10. The first kappa shape index (κ1) is 13.7. The van der Waals surface area contributed by atoms with Crippen molar-refractivity contribution in [1.82, 2.24) is 9.55 Å². The summed E-state index contributed by atoms with van der Waals surface area (Å²) in [4.78, 5) is 25.2. The van der Waals surface area contributed by atoms with E-state index in [0.717, 1.165) is 15.9 Å². The molecule has 0 unspecified atom stereocenters. The van der Waals surface area contributed by atoms with Crippen LogP contribution in [0, 0.1) is 0 Å². The van der Waals surface area contributed by atoms with Gasteiger partial charge in [0, 0.05) is 13.1 Å². The normalized spacial score (nSPS) is 10.9. The number of aromatic nitrogens is 2. The fraction of sp³-hybridized carbons (Fsp3) is 0.231. The number of azo groups is 1. The highest BCUT2D eigenvalue weighted by Crippen LogP contribution is 2.12. The molecule has 7 nitrogen and oxygen atoms in total. The van der Waals surface area contributed by atoms with Gasteiger partial charge in [-0.25, -0.2) is 4.79 Å². The Hall–Kier alpha value is -2.70. The van der Waals surface area contributed by atoms with Gasteiger partial charge in [0.05, 0.1) is 13.7 Å². The van der Waals surface area contributed by atoms with Crippen LogP contribution in [-0.4, -0.2) is 16.7 Å². The monoisotopic (exact) mass is 274 g/mol. The predicted molar refractivity (Wildman–Crippen MR) is 73.5 cm³/mol. The lowest BCUT2D eigenvalue weighted by Gasteiger charge is -2.00. The molecule has 104 valence electrons. The zero-order valence-corrected chi connectivity index (χ0v) is 11.2. The number of rotatable bonds is 4. The smallest absolute Gasteiger partial charge is 0.329 e. The van der Waals surface area contributed by atoms with Crippen LogP contribution in [0.3, 0.4) is 0 Å². The molecular formula is C13H14N4O3. The first-order chi connectivity index (χ1) is 9.60. The van der Waals surface area contributed by atoms with Crippen LogP contribution in [0.15, 0.2) is 50.1 Å². The number of H-pyrrole nitrogens is 1. The highest BCUT2D eigenvalue weighted by molar-refractivity contribution is 5.27. The predicted octanol–water partition coefficient (Wildman–Crippen LogP) is 1.37. The Morgan fingerprint density at radius 2 is 1.95 bits per heavy atom. The van der Waals surface area contributed by atoms with E-state index in [1.807, 2.05) is 24.3 Å². The Bertz CT molecular complexity index is 697. The topological polar surface area (TPSA) is 88.8 Å². The first-order valence-corrected chi connectivity index (χ1v) is 5.91. The van der Waals surface area contributed by atoms with Crippen LogP contribution in [-0.2, 0) is 13.6 Å². The van der Waals surface area contributed by atoms with Gasteiger partial charge in [0.1, 0.15) is 5.75 Å². The average Bonchev–Trinajstić information content (AvgIpc) is 2.45. The van der Waals surface area contributed by atoms with Gasteiger partial charge in [0.25, 0.3) is 5.56 Å². The van der Waals surface area contributed by atoms with Crippen LogP contribution in [0.5, 0.6) is 5.75 Å². The van der Waals surface area contributed by atoms with Gasteiger partial charge in [0.2, 0.25) is 0 Å². The molecule has 0 aliphatic rings. The van der Waals surface area contributed by atoms with Gasteiger partial charge in [0.15, 0.2) is 5.82 Å². The molecule has 0 radical (unpaired) electrons. The van der Waals surface area contributed by atoms with E-state index < -0.39 is 11.2 Å². The minimum Gasteiger partial charge on any atom is -0.497 e. The van der Waals surface area contributed by atoms with Gasteiger partial charge in [-0.15, -0.1) is 5.11 Å². The van der Waals surface area contributed by atoms with Gasteiger partial charge >= 0.3 is 5.69 Å². The summed E-state index contributed by atoms with van der Waals surface area (Å²) in [5.74, 6) is 0.910. The number of hydrogen-bond acceptors (Lipinski definition) is 5. The van der Waals surface area contributed by atoms with Gasteiger partial charge in [-0.1, -0.05) is 12.1 Å². The molecule has 0 saturated carbocycles. The van der Waals surface area contributed by atoms with E-state index in [1.54, 1.807) is 7.11 Å². The molecule has 2 rings (SSSR count). The zero-order chi connectivity index (χ0) is 14.5. The Morgan fingerprint density at radius 3 is 2.55 bits per heavy atom. The minimum atomic E-state index is -0.518. The highest BCUT2D eigenvalue weighted by Gasteiger charge is 1.99. The van der Waals surface area contributed by atoms with E-state index in [1.165, 1.54) is 13.1 Å². The Balaban J connectivity index is 2.10. The summed E-state index contributed by atoms with van der Waals surface area (Å²) >= 11 is 0. The Morgan fingerprint density at radius 1 is 1.25 bits per heavy atom. The van der Waals surface area contributed by atoms with Crippen molar-refractivity contribution in [2.45, 2.75) is 6.54 Å². The molecule has 20 heavy (non-hydrogen) atoms. The van der Waals surface area contributed by atoms with Gasteiger partial charge in [-0.3, -0.25) is 14.3 Å². The first-order valence-electron chi connectivity index (χ1n) is 5.91. The van der Waals surface area contributed by atoms with Gasteiger partial charge in [-0.05, 0) is 17.7 Å². The molecule has 0 aliphatic carbocycles. The summed E-state index contributed by atoms with van der Waals surface area (Å²) in [5.41, 5.74) is 0.00350. The third kappa shape index (κ3) is 3.19. The number of ether oxygens (including phenoxy) is 1. The molecule has 0 spiro atoms. The molecule has 0 bridgehead atoms. The number of nitrogens with one attached hydrogen (secondary N) is 1. The van der Waals surface area contributed by atoms with Crippen molar-refractivity contribution in [2.75, 3.05) is 7.11 Å². The molecule has 1 aromatic carbocycles. The van der Waals surface area contributed by atoms with Crippen LogP contribution < -0.4 is 16.0 Å². The number of nitrogens with zero attached hydrogens (tertiary/aromatic N) is 3. The van der Waals surface area contributed by atoms with E-state index in [0.29, 0.717) is 6.54 Å². The third-order valence-corrected chi connectivity index (χ3v) is 2.72. The van der Waals surface area contributed by atoms with Gasteiger partial charge < -0.3 is 4.74 Å². The van der Waals surface area contributed by atoms with Crippen molar-refractivity contribution in [1.29, 1.82) is 0 Å². The van der Waals surface area contributed by atoms with Crippen LogP contribution in [0.1, 0.15) is 5.56 Å². The molecular weight excluding hydrogens is 260 g/mol. The zero-order valence-electron chi connectivity index (χ0n) is 11.2. The summed E-state index contributed by atoms with van der Waals surface area (Å²) in [6.07, 6.45) is 0. The molecule has 0 amide bonds. The molecule has 0 saturated heterocycles. The summed E-state index contributed by atoms with van der Waals surface area (Å²) in [7, 11) is 2.99. The SMILES string of the molecule is COc1ccc(CN=Nc2cc(=O)n(C)c(=O)[nH]2)cc1. The van der Waals surface area contributed by atoms with Crippen molar-refractivity contribution < 1.29 is 4.74 Å². The second-order valence-electron chi connectivity index (χ2n) is 4.10. The van der Waals surface area contributed by atoms with Crippen molar-refractivity contribution in [3.63, 3.8) is 0 Å². The average molecular weight is 274 g/mol. The van der Waals surface area contributed by atoms with E-state index >= 15 is 0 Å². The molecule has 1 N–H and O–H groups in total. The highest BCUT2D eigenvalue weighted by atomic mass is 16.5. The lowest BCUT2D eigenvalue weighted by molar-refractivity contribution is 0.414.